The maximum atomic E-state index is 9.30. The summed E-state index contributed by atoms with van der Waals surface area (Å²) in [6, 6.07) is 7.80. The molecule has 1 aromatic carbocycles. The van der Waals surface area contributed by atoms with E-state index in [0.29, 0.717) is 6.42 Å². The van der Waals surface area contributed by atoms with Crippen LogP contribution in [0.3, 0.4) is 0 Å². The summed E-state index contributed by atoms with van der Waals surface area (Å²) in [5, 5.41) is 11.1. The fourth-order valence-electron chi connectivity index (χ4n) is 1.59. The van der Waals surface area contributed by atoms with Gasteiger partial charge in [-0.2, -0.15) is 0 Å². The number of thiazole rings is 1. The normalized spacial score (nSPS) is 12.6. The van der Waals surface area contributed by atoms with Crippen molar-refractivity contribution in [1.29, 1.82) is 0 Å². The van der Waals surface area contributed by atoms with E-state index in [0.717, 1.165) is 21.3 Å². The third kappa shape index (κ3) is 3.80. The Labute approximate surface area is 110 Å². The maximum Gasteiger partial charge on any atom is 0.0971 e. The minimum atomic E-state index is -0.307. The van der Waals surface area contributed by atoms with E-state index in [1.807, 2.05) is 30.5 Å². The molecule has 4 heteroatoms. The van der Waals surface area contributed by atoms with Gasteiger partial charge < -0.3 is 5.11 Å². The van der Waals surface area contributed by atoms with Crippen LogP contribution in [0, 0.1) is 0 Å². The van der Waals surface area contributed by atoms with Crippen LogP contribution in [0.2, 0.25) is 5.02 Å². The summed E-state index contributed by atoms with van der Waals surface area (Å²) in [6.07, 6.45) is 3.04. The van der Waals surface area contributed by atoms with Crippen LogP contribution in [0.25, 0.3) is 0 Å². The molecule has 90 valence electrons. The van der Waals surface area contributed by atoms with Crippen molar-refractivity contribution in [3.63, 3.8) is 0 Å². The van der Waals surface area contributed by atoms with Gasteiger partial charge in [0.05, 0.1) is 11.1 Å². The van der Waals surface area contributed by atoms with E-state index in [-0.39, 0.29) is 6.10 Å². The van der Waals surface area contributed by atoms with Crippen LogP contribution in [0.15, 0.2) is 30.5 Å². The van der Waals surface area contributed by atoms with Crippen LogP contribution >= 0.6 is 22.9 Å². The number of halogens is 1. The minimum absolute atomic E-state index is 0.307. The van der Waals surface area contributed by atoms with Gasteiger partial charge in [0.25, 0.3) is 0 Å². The third-order valence-corrected chi connectivity index (χ3v) is 3.64. The number of aliphatic hydroxyl groups excluding tert-OH is 1. The highest BCUT2D eigenvalue weighted by Gasteiger charge is 2.05. The first-order valence-corrected chi connectivity index (χ1v) is 6.69. The summed E-state index contributed by atoms with van der Waals surface area (Å²) in [4.78, 5) is 5.49. The first-order chi connectivity index (χ1) is 8.13. The zero-order valence-corrected chi connectivity index (χ0v) is 11.1. The number of rotatable bonds is 4. The number of benzene rings is 1. The number of hydrogen-bond acceptors (Lipinski definition) is 3. The molecule has 1 atom stereocenters. The average molecular weight is 268 g/mol. The second-order valence-electron chi connectivity index (χ2n) is 4.08. The zero-order chi connectivity index (χ0) is 12.3. The van der Waals surface area contributed by atoms with Gasteiger partial charge in [0.1, 0.15) is 0 Å². The molecule has 0 fully saturated rings. The fraction of sp³-hybridized carbons (Fsp3) is 0.308. The topological polar surface area (TPSA) is 33.1 Å². The zero-order valence-electron chi connectivity index (χ0n) is 9.56. The third-order valence-electron chi connectivity index (χ3n) is 2.37. The van der Waals surface area contributed by atoms with Crippen LogP contribution in [-0.2, 0) is 12.8 Å². The lowest BCUT2D eigenvalue weighted by Gasteiger charge is -1.99. The molecule has 0 aliphatic rings. The van der Waals surface area contributed by atoms with Crippen molar-refractivity contribution in [2.45, 2.75) is 25.9 Å². The Morgan fingerprint density at radius 1 is 1.35 bits per heavy atom. The number of aliphatic hydroxyl groups is 1. The lowest BCUT2D eigenvalue weighted by atomic mass is 10.2. The second kappa shape index (κ2) is 5.63. The molecule has 2 nitrogen and oxygen atoms in total. The van der Waals surface area contributed by atoms with Crippen LogP contribution in [0.4, 0.5) is 0 Å². The predicted molar refractivity (Wildman–Crippen MR) is 71.8 cm³/mol. The summed E-state index contributed by atoms with van der Waals surface area (Å²) in [7, 11) is 0. The molecule has 2 rings (SSSR count). The highest BCUT2D eigenvalue weighted by molar-refractivity contribution is 7.11. The second-order valence-corrected chi connectivity index (χ2v) is 5.71. The Bertz CT molecular complexity index is 478. The van der Waals surface area contributed by atoms with Crippen molar-refractivity contribution in [1.82, 2.24) is 4.98 Å². The minimum Gasteiger partial charge on any atom is -0.393 e. The smallest absolute Gasteiger partial charge is 0.0971 e. The van der Waals surface area contributed by atoms with Gasteiger partial charge in [-0.15, -0.1) is 11.3 Å². The molecule has 0 radical (unpaired) electrons. The molecule has 1 aromatic heterocycles. The van der Waals surface area contributed by atoms with Crippen molar-refractivity contribution in [2.24, 2.45) is 0 Å². The molecule has 0 aliphatic carbocycles. The van der Waals surface area contributed by atoms with Crippen molar-refractivity contribution in [2.75, 3.05) is 0 Å². The molecule has 17 heavy (non-hydrogen) atoms. The van der Waals surface area contributed by atoms with E-state index < -0.39 is 0 Å². The molecule has 0 saturated carbocycles. The number of aromatic nitrogens is 1. The molecule has 0 bridgehead atoms. The molecular formula is C13H14ClNOS. The van der Waals surface area contributed by atoms with Crippen LogP contribution in [-0.4, -0.2) is 16.2 Å². The van der Waals surface area contributed by atoms with E-state index in [1.165, 1.54) is 5.56 Å². The summed E-state index contributed by atoms with van der Waals surface area (Å²) < 4.78 is 0. The van der Waals surface area contributed by atoms with Crippen molar-refractivity contribution in [3.05, 3.63) is 50.9 Å². The van der Waals surface area contributed by atoms with Crippen LogP contribution < -0.4 is 0 Å². The molecule has 2 aromatic rings. The summed E-state index contributed by atoms with van der Waals surface area (Å²) >= 11 is 7.49. The predicted octanol–water partition coefficient (Wildman–Crippen LogP) is 3.31. The van der Waals surface area contributed by atoms with E-state index in [1.54, 1.807) is 18.3 Å². The van der Waals surface area contributed by atoms with E-state index in [4.69, 9.17) is 11.6 Å². The Morgan fingerprint density at radius 2 is 2.06 bits per heavy atom. The number of hydrogen-bond donors (Lipinski definition) is 1. The summed E-state index contributed by atoms with van der Waals surface area (Å²) in [5.74, 6) is 0. The van der Waals surface area contributed by atoms with Crippen molar-refractivity contribution < 1.29 is 5.11 Å². The maximum absolute atomic E-state index is 9.30. The molecule has 1 unspecified atom stereocenters. The van der Waals surface area contributed by atoms with E-state index >= 15 is 0 Å². The van der Waals surface area contributed by atoms with Gasteiger partial charge in [0, 0.05) is 28.9 Å². The quantitative estimate of drug-likeness (QED) is 0.922. The summed E-state index contributed by atoms with van der Waals surface area (Å²) in [6.45, 7) is 1.79. The average Bonchev–Trinajstić information content (AvgIpc) is 2.68. The summed E-state index contributed by atoms with van der Waals surface area (Å²) in [5.41, 5.74) is 1.20. The lowest BCUT2D eigenvalue weighted by Crippen LogP contribution is -2.01. The lowest BCUT2D eigenvalue weighted by molar-refractivity contribution is 0.196. The molecular weight excluding hydrogens is 254 g/mol. The van der Waals surface area contributed by atoms with Crippen molar-refractivity contribution >= 4 is 22.9 Å². The fourth-order valence-corrected chi connectivity index (χ4v) is 2.79. The van der Waals surface area contributed by atoms with Gasteiger partial charge in [-0.1, -0.05) is 23.7 Å². The Balaban J connectivity index is 2.03. The SMILES string of the molecule is CC(O)Cc1cnc(Cc2ccc(Cl)cc2)s1. The Morgan fingerprint density at radius 3 is 2.71 bits per heavy atom. The molecule has 0 aliphatic heterocycles. The molecule has 0 amide bonds. The monoisotopic (exact) mass is 267 g/mol. The molecule has 1 heterocycles. The van der Waals surface area contributed by atoms with E-state index in [9.17, 15) is 5.11 Å². The Hall–Kier alpha value is -0.900. The molecule has 0 saturated heterocycles. The highest BCUT2D eigenvalue weighted by atomic mass is 35.5. The standard InChI is InChI=1S/C13H14ClNOS/c1-9(16)6-12-8-15-13(17-12)7-10-2-4-11(14)5-3-10/h2-5,8-9,16H,6-7H2,1H3. The largest absolute Gasteiger partial charge is 0.393 e. The van der Waals surface area contributed by atoms with Gasteiger partial charge in [0.15, 0.2) is 0 Å². The van der Waals surface area contributed by atoms with Gasteiger partial charge in [-0.25, -0.2) is 4.98 Å². The molecule has 0 spiro atoms. The van der Waals surface area contributed by atoms with Gasteiger partial charge in [-0.3, -0.25) is 0 Å². The van der Waals surface area contributed by atoms with E-state index in [2.05, 4.69) is 4.98 Å². The number of nitrogens with zero attached hydrogens (tertiary/aromatic N) is 1. The highest BCUT2D eigenvalue weighted by Crippen LogP contribution is 2.19. The van der Waals surface area contributed by atoms with Gasteiger partial charge in [-0.05, 0) is 24.6 Å². The van der Waals surface area contributed by atoms with Crippen molar-refractivity contribution in [3.8, 4) is 0 Å². The van der Waals surface area contributed by atoms with Gasteiger partial charge in [0.2, 0.25) is 0 Å². The first-order valence-electron chi connectivity index (χ1n) is 5.49. The Kier molecular flexibility index (Phi) is 4.15. The first kappa shape index (κ1) is 12.6. The molecule has 1 N–H and O–H groups in total. The van der Waals surface area contributed by atoms with Crippen LogP contribution in [0.1, 0.15) is 22.4 Å². The van der Waals surface area contributed by atoms with Gasteiger partial charge >= 0.3 is 0 Å². The van der Waals surface area contributed by atoms with Crippen LogP contribution in [0.5, 0.6) is 0 Å².